The number of nitrogens with zero attached hydrogens (tertiary/aromatic N) is 3. The number of hydrogen-bond donors (Lipinski definition) is 2. The van der Waals surface area contributed by atoms with E-state index in [2.05, 4.69) is 20.6 Å². The summed E-state index contributed by atoms with van der Waals surface area (Å²) < 4.78 is 0. The van der Waals surface area contributed by atoms with Gasteiger partial charge in [0.1, 0.15) is 17.8 Å². The number of halogens is 1. The average molecular weight is 396 g/mol. The number of benzene rings is 2. The molecule has 0 fully saturated rings. The Morgan fingerprint density at radius 3 is 2.57 bits per heavy atom. The van der Waals surface area contributed by atoms with Crippen LogP contribution in [0.1, 0.15) is 16.1 Å². The number of amides is 1. The molecule has 6 nitrogen and oxygen atoms in total. The number of carbonyl (C=O) groups excluding carboxylic acids is 1. The molecule has 0 radical (unpaired) electrons. The van der Waals surface area contributed by atoms with Gasteiger partial charge in [-0.3, -0.25) is 4.79 Å². The van der Waals surface area contributed by atoms with Crippen LogP contribution in [0.15, 0.2) is 60.9 Å². The summed E-state index contributed by atoms with van der Waals surface area (Å²) in [6, 6.07) is 17.2. The fourth-order valence-corrected chi connectivity index (χ4v) is 2.86. The number of anilines is 3. The van der Waals surface area contributed by atoms with Gasteiger partial charge in [0.25, 0.3) is 5.91 Å². The van der Waals surface area contributed by atoms with Gasteiger partial charge in [-0.2, -0.15) is 0 Å². The number of aromatic nitrogens is 2. The summed E-state index contributed by atoms with van der Waals surface area (Å²) in [5.74, 6) is 0.322. The molecule has 7 heteroatoms. The largest absolute Gasteiger partial charge is 0.378 e. The Morgan fingerprint density at radius 1 is 1.07 bits per heavy atom. The summed E-state index contributed by atoms with van der Waals surface area (Å²) in [5, 5.41) is 6.75. The highest BCUT2D eigenvalue weighted by Crippen LogP contribution is 2.19. The third-order valence-corrected chi connectivity index (χ3v) is 4.38. The van der Waals surface area contributed by atoms with Gasteiger partial charge in [0, 0.05) is 43.1 Å². The topological polar surface area (TPSA) is 70.2 Å². The van der Waals surface area contributed by atoms with Crippen molar-refractivity contribution in [1.29, 1.82) is 0 Å². The van der Waals surface area contributed by atoms with Crippen molar-refractivity contribution < 1.29 is 4.79 Å². The predicted octanol–water partition coefficient (Wildman–Crippen LogP) is 3.91. The lowest BCUT2D eigenvalue weighted by atomic mass is 10.1. The zero-order valence-electron chi connectivity index (χ0n) is 15.8. The SMILES string of the molecule is CN(C)c1ccc(Nc2cc(C(=O)NCCc3cccc(Cl)c3)ncn2)cc1. The molecule has 0 unspecified atom stereocenters. The Morgan fingerprint density at radius 2 is 1.86 bits per heavy atom. The smallest absolute Gasteiger partial charge is 0.270 e. The van der Waals surface area contributed by atoms with Gasteiger partial charge < -0.3 is 15.5 Å². The van der Waals surface area contributed by atoms with Crippen molar-refractivity contribution in [2.75, 3.05) is 30.9 Å². The molecule has 144 valence electrons. The molecule has 2 aromatic carbocycles. The summed E-state index contributed by atoms with van der Waals surface area (Å²) in [7, 11) is 3.98. The van der Waals surface area contributed by atoms with Crippen LogP contribution in [0.25, 0.3) is 0 Å². The van der Waals surface area contributed by atoms with Crippen molar-refractivity contribution in [3.8, 4) is 0 Å². The van der Waals surface area contributed by atoms with Crippen molar-refractivity contribution in [1.82, 2.24) is 15.3 Å². The zero-order valence-corrected chi connectivity index (χ0v) is 16.6. The minimum atomic E-state index is -0.240. The van der Waals surface area contributed by atoms with Gasteiger partial charge >= 0.3 is 0 Å². The molecule has 0 bridgehead atoms. The van der Waals surface area contributed by atoms with Gasteiger partial charge in [-0.05, 0) is 48.4 Å². The van der Waals surface area contributed by atoms with Gasteiger partial charge in [0.15, 0.2) is 0 Å². The fraction of sp³-hybridized carbons (Fsp3) is 0.190. The van der Waals surface area contributed by atoms with E-state index in [0.29, 0.717) is 29.5 Å². The molecule has 3 aromatic rings. The number of nitrogens with one attached hydrogen (secondary N) is 2. The van der Waals surface area contributed by atoms with Crippen LogP contribution in [0.2, 0.25) is 5.02 Å². The first-order valence-corrected chi connectivity index (χ1v) is 9.28. The molecular formula is C21H22ClN5O. The van der Waals surface area contributed by atoms with E-state index in [1.165, 1.54) is 6.33 Å². The molecule has 0 atom stereocenters. The maximum absolute atomic E-state index is 12.4. The van der Waals surface area contributed by atoms with Crippen LogP contribution >= 0.6 is 11.6 Å². The van der Waals surface area contributed by atoms with Crippen LogP contribution in [0, 0.1) is 0 Å². The lowest BCUT2D eigenvalue weighted by Gasteiger charge is -2.13. The van der Waals surface area contributed by atoms with Gasteiger partial charge in [-0.25, -0.2) is 9.97 Å². The minimum absolute atomic E-state index is 0.240. The fourth-order valence-electron chi connectivity index (χ4n) is 2.64. The second-order valence-electron chi connectivity index (χ2n) is 6.49. The van der Waals surface area contributed by atoms with Crippen molar-refractivity contribution in [2.45, 2.75) is 6.42 Å². The Hall–Kier alpha value is -3.12. The second-order valence-corrected chi connectivity index (χ2v) is 6.93. The highest BCUT2D eigenvalue weighted by Gasteiger charge is 2.09. The molecule has 2 N–H and O–H groups in total. The van der Waals surface area contributed by atoms with Gasteiger partial charge in [0.05, 0.1) is 0 Å². The van der Waals surface area contributed by atoms with Crippen LogP contribution in [0.5, 0.6) is 0 Å². The van der Waals surface area contributed by atoms with E-state index in [9.17, 15) is 4.79 Å². The van der Waals surface area contributed by atoms with E-state index in [-0.39, 0.29) is 5.91 Å². The van der Waals surface area contributed by atoms with E-state index in [0.717, 1.165) is 16.9 Å². The molecule has 0 aliphatic carbocycles. The first-order chi connectivity index (χ1) is 13.5. The first-order valence-electron chi connectivity index (χ1n) is 8.90. The molecular weight excluding hydrogens is 374 g/mol. The molecule has 1 amide bonds. The van der Waals surface area contributed by atoms with Crippen LogP contribution < -0.4 is 15.5 Å². The summed E-state index contributed by atoms with van der Waals surface area (Å²) in [4.78, 5) is 22.6. The van der Waals surface area contributed by atoms with Crippen LogP contribution in [-0.2, 0) is 6.42 Å². The van der Waals surface area contributed by atoms with E-state index in [4.69, 9.17) is 11.6 Å². The monoisotopic (exact) mass is 395 g/mol. The van der Waals surface area contributed by atoms with Crippen molar-refractivity contribution in [3.63, 3.8) is 0 Å². The third-order valence-electron chi connectivity index (χ3n) is 4.14. The molecule has 0 aliphatic heterocycles. The molecule has 0 spiro atoms. The summed E-state index contributed by atoms with van der Waals surface area (Å²) in [6.07, 6.45) is 2.07. The van der Waals surface area contributed by atoms with Crippen LogP contribution in [0.3, 0.4) is 0 Å². The molecule has 0 saturated heterocycles. The third kappa shape index (κ3) is 5.44. The van der Waals surface area contributed by atoms with E-state index < -0.39 is 0 Å². The second kappa shape index (κ2) is 9.19. The van der Waals surface area contributed by atoms with Gasteiger partial charge in [0.2, 0.25) is 0 Å². The van der Waals surface area contributed by atoms with Gasteiger partial charge in [-0.1, -0.05) is 23.7 Å². The maximum atomic E-state index is 12.4. The molecule has 28 heavy (non-hydrogen) atoms. The summed E-state index contributed by atoms with van der Waals surface area (Å²) >= 11 is 5.98. The zero-order chi connectivity index (χ0) is 19.9. The number of carbonyl (C=O) groups is 1. The van der Waals surface area contributed by atoms with Crippen molar-refractivity contribution in [2.24, 2.45) is 0 Å². The van der Waals surface area contributed by atoms with E-state index in [1.54, 1.807) is 6.07 Å². The lowest BCUT2D eigenvalue weighted by molar-refractivity contribution is 0.0949. The highest BCUT2D eigenvalue weighted by molar-refractivity contribution is 6.30. The summed E-state index contributed by atoms with van der Waals surface area (Å²) in [5.41, 5.74) is 3.37. The van der Waals surface area contributed by atoms with Gasteiger partial charge in [-0.15, -0.1) is 0 Å². The Kier molecular flexibility index (Phi) is 6.45. The van der Waals surface area contributed by atoms with Crippen LogP contribution in [0.4, 0.5) is 17.2 Å². The number of rotatable bonds is 7. The molecule has 1 aromatic heterocycles. The average Bonchev–Trinajstić information content (AvgIpc) is 2.68. The Labute approximate surface area is 169 Å². The standard InChI is InChI=1S/C21H22ClN5O/c1-27(2)18-8-6-17(7-9-18)26-20-13-19(24-14-25-20)21(28)23-11-10-15-4-3-5-16(22)12-15/h3-9,12-14H,10-11H2,1-2H3,(H,23,28)(H,24,25,26). The Balaban J connectivity index is 1.58. The molecule has 0 saturated carbocycles. The normalized spacial score (nSPS) is 10.4. The van der Waals surface area contributed by atoms with Crippen LogP contribution in [-0.4, -0.2) is 36.5 Å². The summed E-state index contributed by atoms with van der Waals surface area (Å²) in [6.45, 7) is 0.498. The minimum Gasteiger partial charge on any atom is -0.378 e. The van der Waals surface area contributed by atoms with Crippen molar-refractivity contribution >= 4 is 34.7 Å². The maximum Gasteiger partial charge on any atom is 0.270 e. The molecule has 1 heterocycles. The van der Waals surface area contributed by atoms with E-state index >= 15 is 0 Å². The molecule has 0 aliphatic rings. The quantitative estimate of drug-likeness (QED) is 0.634. The Bertz CT molecular complexity index is 944. The van der Waals surface area contributed by atoms with Crippen molar-refractivity contribution in [3.05, 3.63) is 77.2 Å². The molecule has 3 rings (SSSR count). The predicted molar refractivity (Wildman–Crippen MR) is 114 cm³/mol. The lowest BCUT2D eigenvalue weighted by Crippen LogP contribution is -2.26. The first kappa shape index (κ1) is 19.6. The highest BCUT2D eigenvalue weighted by atomic mass is 35.5. The number of hydrogen-bond acceptors (Lipinski definition) is 5. The van der Waals surface area contributed by atoms with E-state index in [1.807, 2.05) is 67.5 Å².